The second-order valence-corrected chi connectivity index (χ2v) is 6.31. The van der Waals surface area contributed by atoms with Crippen LogP contribution in [-0.2, 0) is 11.3 Å². The number of carbonyl (C=O) groups excluding carboxylic acids is 1. The van der Waals surface area contributed by atoms with E-state index in [0.717, 1.165) is 37.3 Å². The molecule has 0 bridgehead atoms. The predicted octanol–water partition coefficient (Wildman–Crippen LogP) is 1.09. The highest BCUT2D eigenvalue weighted by Gasteiger charge is 2.21. The molecule has 22 heavy (non-hydrogen) atoms. The molecule has 0 atom stereocenters. The van der Waals surface area contributed by atoms with Crippen LogP contribution in [-0.4, -0.2) is 44.5 Å². The van der Waals surface area contributed by atoms with Crippen molar-refractivity contribution in [2.24, 2.45) is 0 Å². The van der Waals surface area contributed by atoms with Crippen LogP contribution < -0.4 is 5.56 Å². The molecule has 0 unspecified atom stereocenters. The fourth-order valence-corrected chi connectivity index (χ4v) is 3.67. The minimum Gasteiger partial charge on any atom is -0.477 e. The number of thiophene rings is 1. The molecule has 2 aromatic heterocycles. The predicted molar refractivity (Wildman–Crippen MR) is 81.4 cm³/mol. The number of fused-ring (bicyclic) bond motifs is 1. The van der Waals surface area contributed by atoms with Crippen molar-refractivity contribution in [3.8, 4) is 0 Å². The van der Waals surface area contributed by atoms with Gasteiger partial charge in [0.2, 0.25) is 5.91 Å². The first kappa shape index (κ1) is 14.7. The Labute approximate surface area is 129 Å². The number of aromatic carboxylic acids is 1. The molecule has 3 rings (SSSR count). The van der Waals surface area contributed by atoms with E-state index in [9.17, 15) is 14.4 Å². The van der Waals surface area contributed by atoms with Crippen molar-refractivity contribution >= 4 is 33.4 Å². The molecular formula is C14H15N3O4S. The maximum absolute atomic E-state index is 12.5. The zero-order valence-corrected chi connectivity index (χ0v) is 12.9. The van der Waals surface area contributed by atoms with E-state index in [1.807, 2.05) is 0 Å². The third-order valence-electron chi connectivity index (χ3n) is 3.88. The Morgan fingerprint density at radius 3 is 2.68 bits per heavy atom. The number of hydrogen-bond acceptors (Lipinski definition) is 5. The van der Waals surface area contributed by atoms with Crippen LogP contribution >= 0.6 is 11.3 Å². The van der Waals surface area contributed by atoms with E-state index in [0.29, 0.717) is 15.8 Å². The third kappa shape index (κ3) is 2.39. The summed E-state index contributed by atoms with van der Waals surface area (Å²) in [6.45, 7) is 2.99. The summed E-state index contributed by atoms with van der Waals surface area (Å²) in [6.07, 6.45) is 3.30. The van der Waals surface area contributed by atoms with Gasteiger partial charge in [-0.15, -0.1) is 11.3 Å². The molecule has 1 aliphatic rings. The number of carbonyl (C=O) groups is 2. The van der Waals surface area contributed by atoms with Gasteiger partial charge >= 0.3 is 5.97 Å². The van der Waals surface area contributed by atoms with Crippen molar-refractivity contribution < 1.29 is 14.7 Å². The van der Waals surface area contributed by atoms with Crippen molar-refractivity contribution in [1.29, 1.82) is 0 Å². The van der Waals surface area contributed by atoms with E-state index in [1.54, 1.807) is 11.8 Å². The molecule has 0 aliphatic carbocycles. The molecule has 1 amide bonds. The van der Waals surface area contributed by atoms with Gasteiger partial charge in [-0.05, 0) is 25.3 Å². The van der Waals surface area contributed by atoms with Crippen LogP contribution in [0.3, 0.4) is 0 Å². The lowest BCUT2D eigenvalue weighted by Crippen LogP contribution is -2.34. The Kier molecular flexibility index (Phi) is 3.69. The van der Waals surface area contributed by atoms with E-state index >= 15 is 0 Å². The second kappa shape index (κ2) is 5.53. The second-order valence-electron chi connectivity index (χ2n) is 5.31. The quantitative estimate of drug-likeness (QED) is 0.913. The molecule has 0 spiro atoms. The minimum atomic E-state index is -1.07. The van der Waals surface area contributed by atoms with E-state index in [-0.39, 0.29) is 22.9 Å². The maximum atomic E-state index is 12.5. The van der Waals surface area contributed by atoms with E-state index in [1.165, 1.54) is 10.9 Å². The first-order valence-corrected chi connectivity index (χ1v) is 7.80. The minimum absolute atomic E-state index is 0.0561. The average molecular weight is 321 g/mol. The molecule has 8 heteroatoms. The number of carboxylic acids is 1. The standard InChI is InChI=1S/C14H15N3O4S/c1-8-10-12(22-11(8)14(20)21)15-7-17(13(10)19)6-9(18)16-4-2-3-5-16/h7H,2-6H2,1H3,(H,20,21). The first-order chi connectivity index (χ1) is 10.5. The Morgan fingerprint density at radius 1 is 1.36 bits per heavy atom. The van der Waals surface area contributed by atoms with Gasteiger partial charge in [0.1, 0.15) is 16.3 Å². The lowest BCUT2D eigenvalue weighted by Gasteiger charge is -2.15. The smallest absolute Gasteiger partial charge is 0.346 e. The van der Waals surface area contributed by atoms with Gasteiger partial charge < -0.3 is 10.0 Å². The molecule has 1 N–H and O–H groups in total. The van der Waals surface area contributed by atoms with Crippen LogP contribution in [0.25, 0.3) is 10.2 Å². The Bertz CT molecular complexity index is 817. The highest BCUT2D eigenvalue weighted by molar-refractivity contribution is 7.20. The van der Waals surface area contributed by atoms with Gasteiger partial charge in [0, 0.05) is 13.1 Å². The van der Waals surface area contributed by atoms with Crippen LogP contribution in [0.2, 0.25) is 0 Å². The van der Waals surface area contributed by atoms with Crippen molar-refractivity contribution in [3.63, 3.8) is 0 Å². The topological polar surface area (TPSA) is 92.5 Å². The van der Waals surface area contributed by atoms with Gasteiger partial charge in [0.25, 0.3) is 5.56 Å². The van der Waals surface area contributed by atoms with Crippen molar-refractivity contribution in [2.45, 2.75) is 26.3 Å². The average Bonchev–Trinajstić information content (AvgIpc) is 3.10. The van der Waals surface area contributed by atoms with Crippen LogP contribution in [0.5, 0.6) is 0 Å². The van der Waals surface area contributed by atoms with E-state index in [2.05, 4.69) is 4.98 Å². The molecule has 1 saturated heterocycles. The number of aromatic nitrogens is 2. The number of aryl methyl sites for hydroxylation is 1. The summed E-state index contributed by atoms with van der Waals surface area (Å²) in [4.78, 5) is 42.2. The number of rotatable bonds is 3. The Morgan fingerprint density at radius 2 is 2.05 bits per heavy atom. The molecule has 0 aromatic carbocycles. The summed E-state index contributed by atoms with van der Waals surface area (Å²) < 4.78 is 1.26. The van der Waals surface area contributed by atoms with Gasteiger partial charge in [0.15, 0.2) is 0 Å². The maximum Gasteiger partial charge on any atom is 0.346 e. The van der Waals surface area contributed by atoms with Crippen molar-refractivity contribution in [1.82, 2.24) is 14.5 Å². The molecule has 1 fully saturated rings. The summed E-state index contributed by atoms with van der Waals surface area (Å²) in [7, 11) is 0. The molecule has 7 nitrogen and oxygen atoms in total. The molecular weight excluding hydrogens is 306 g/mol. The van der Waals surface area contributed by atoms with Crippen LogP contribution in [0.15, 0.2) is 11.1 Å². The Hall–Kier alpha value is -2.22. The molecule has 3 heterocycles. The molecule has 2 aromatic rings. The van der Waals surface area contributed by atoms with Crippen molar-refractivity contribution in [3.05, 3.63) is 27.1 Å². The fraction of sp³-hybridized carbons (Fsp3) is 0.429. The molecule has 116 valence electrons. The molecule has 0 radical (unpaired) electrons. The molecule has 1 aliphatic heterocycles. The van der Waals surface area contributed by atoms with Crippen LogP contribution in [0.1, 0.15) is 28.1 Å². The van der Waals surface area contributed by atoms with E-state index < -0.39 is 5.97 Å². The van der Waals surface area contributed by atoms with Gasteiger partial charge in [-0.1, -0.05) is 0 Å². The largest absolute Gasteiger partial charge is 0.477 e. The third-order valence-corrected chi connectivity index (χ3v) is 5.06. The SMILES string of the molecule is Cc1c(C(=O)O)sc2ncn(CC(=O)N3CCCC3)c(=O)c12. The highest BCUT2D eigenvalue weighted by atomic mass is 32.1. The monoisotopic (exact) mass is 321 g/mol. The summed E-state index contributed by atoms with van der Waals surface area (Å²) in [6, 6.07) is 0. The first-order valence-electron chi connectivity index (χ1n) is 6.98. The molecule has 0 saturated carbocycles. The van der Waals surface area contributed by atoms with Crippen LogP contribution in [0, 0.1) is 6.92 Å². The van der Waals surface area contributed by atoms with Crippen molar-refractivity contribution in [2.75, 3.05) is 13.1 Å². The van der Waals surface area contributed by atoms with Gasteiger partial charge in [-0.3, -0.25) is 14.2 Å². The summed E-state index contributed by atoms with van der Waals surface area (Å²) >= 11 is 0.980. The zero-order valence-electron chi connectivity index (χ0n) is 12.0. The summed E-state index contributed by atoms with van der Waals surface area (Å²) in [5, 5.41) is 9.42. The normalized spacial score (nSPS) is 14.7. The number of nitrogens with zero attached hydrogens (tertiary/aromatic N) is 3. The fourth-order valence-electron chi connectivity index (χ4n) is 2.69. The van der Waals surface area contributed by atoms with Gasteiger partial charge in [-0.2, -0.15) is 0 Å². The van der Waals surface area contributed by atoms with Crippen LogP contribution in [0.4, 0.5) is 0 Å². The number of hydrogen-bond donors (Lipinski definition) is 1. The van der Waals surface area contributed by atoms with Gasteiger partial charge in [0.05, 0.1) is 11.7 Å². The number of amides is 1. The Balaban J connectivity index is 1.99. The summed E-state index contributed by atoms with van der Waals surface area (Å²) in [5.74, 6) is -1.17. The number of carboxylic acid groups (broad SMARTS) is 1. The lowest BCUT2D eigenvalue weighted by atomic mass is 10.2. The zero-order chi connectivity index (χ0) is 15.9. The highest BCUT2D eigenvalue weighted by Crippen LogP contribution is 2.26. The van der Waals surface area contributed by atoms with E-state index in [4.69, 9.17) is 5.11 Å². The van der Waals surface area contributed by atoms with Gasteiger partial charge in [-0.25, -0.2) is 9.78 Å². The lowest BCUT2D eigenvalue weighted by molar-refractivity contribution is -0.130. The number of likely N-dealkylation sites (tertiary alicyclic amines) is 1. The summed E-state index contributed by atoms with van der Waals surface area (Å²) in [5.41, 5.74) is 0.0479.